The van der Waals surface area contributed by atoms with E-state index in [1.54, 1.807) is 17.8 Å². The Labute approximate surface area is 193 Å². The topological polar surface area (TPSA) is 78.2 Å². The maximum absolute atomic E-state index is 12.7. The van der Waals surface area contributed by atoms with Crippen molar-refractivity contribution in [3.8, 4) is 22.6 Å². The molecule has 1 aromatic carbocycles. The van der Waals surface area contributed by atoms with Gasteiger partial charge in [-0.25, -0.2) is 9.50 Å². The van der Waals surface area contributed by atoms with Gasteiger partial charge < -0.3 is 14.2 Å². The summed E-state index contributed by atoms with van der Waals surface area (Å²) in [7, 11) is 1.63. The molecule has 2 aliphatic rings. The van der Waals surface area contributed by atoms with Gasteiger partial charge in [0, 0.05) is 31.6 Å². The van der Waals surface area contributed by atoms with E-state index in [0.29, 0.717) is 24.5 Å². The SMILES string of the molecule is COc1cc(-c2cnn3cc(OCCN4CCOCC4)cnc23)cc2c1C(=O)CCCCC2. The molecule has 0 unspecified atom stereocenters. The van der Waals surface area contributed by atoms with Crippen molar-refractivity contribution in [2.75, 3.05) is 46.6 Å². The van der Waals surface area contributed by atoms with Crippen molar-refractivity contribution in [3.63, 3.8) is 0 Å². The van der Waals surface area contributed by atoms with Gasteiger partial charge in [0.1, 0.15) is 12.4 Å². The zero-order valence-corrected chi connectivity index (χ0v) is 19.1. The first-order chi connectivity index (χ1) is 16.2. The number of benzene rings is 1. The number of ether oxygens (including phenoxy) is 3. The van der Waals surface area contributed by atoms with Gasteiger partial charge >= 0.3 is 0 Å². The van der Waals surface area contributed by atoms with Crippen molar-refractivity contribution in [1.82, 2.24) is 19.5 Å². The standard InChI is InChI=1S/C25H30N4O4/c1-31-23-14-19(13-18-5-3-2-4-6-22(30)24(18)23)21-16-27-29-17-20(15-26-25(21)29)33-12-9-28-7-10-32-11-8-28/h13-17H,2-12H2,1H3. The number of carbonyl (C=O) groups excluding carboxylic acids is 1. The molecule has 1 aliphatic heterocycles. The lowest BCUT2D eigenvalue weighted by molar-refractivity contribution is 0.0322. The molecule has 3 aromatic rings. The smallest absolute Gasteiger partial charge is 0.166 e. The first kappa shape index (κ1) is 21.9. The molecule has 0 bridgehead atoms. The van der Waals surface area contributed by atoms with E-state index in [2.05, 4.69) is 21.0 Å². The fourth-order valence-electron chi connectivity index (χ4n) is 4.66. The molecular weight excluding hydrogens is 420 g/mol. The Morgan fingerprint density at radius 1 is 1.09 bits per heavy atom. The summed E-state index contributed by atoms with van der Waals surface area (Å²) in [6, 6.07) is 4.04. The Kier molecular flexibility index (Phi) is 6.55. The number of carbonyl (C=O) groups is 1. The van der Waals surface area contributed by atoms with Crippen LogP contribution in [0.3, 0.4) is 0 Å². The van der Waals surface area contributed by atoms with E-state index in [1.807, 2.05) is 18.5 Å². The van der Waals surface area contributed by atoms with E-state index >= 15 is 0 Å². The van der Waals surface area contributed by atoms with E-state index in [4.69, 9.17) is 14.2 Å². The molecule has 174 valence electrons. The number of nitrogens with zero attached hydrogens (tertiary/aromatic N) is 4. The largest absolute Gasteiger partial charge is 0.496 e. The minimum Gasteiger partial charge on any atom is -0.496 e. The molecular formula is C25H30N4O4. The van der Waals surface area contributed by atoms with Gasteiger partial charge in [0.15, 0.2) is 17.2 Å². The summed E-state index contributed by atoms with van der Waals surface area (Å²) in [5, 5.41) is 4.51. The highest BCUT2D eigenvalue weighted by Crippen LogP contribution is 2.35. The van der Waals surface area contributed by atoms with Crippen LogP contribution in [0.2, 0.25) is 0 Å². The van der Waals surface area contributed by atoms with Gasteiger partial charge in [0.05, 0.1) is 44.5 Å². The van der Waals surface area contributed by atoms with E-state index in [1.165, 1.54) is 0 Å². The Bertz CT molecular complexity index is 1140. The molecule has 5 rings (SSSR count). The molecule has 8 nitrogen and oxygen atoms in total. The minimum atomic E-state index is 0.171. The highest BCUT2D eigenvalue weighted by atomic mass is 16.5. The average molecular weight is 451 g/mol. The number of methoxy groups -OCH3 is 1. The van der Waals surface area contributed by atoms with Gasteiger partial charge in [-0.15, -0.1) is 0 Å². The van der Waals surface area contributed by atoms with Gasteiger partial charge in [-0.1, -0.05) is 6.42 Å². The third-order valence-electron chi connectivity index (χ3n) is 6.46. The van der Waals surface area contributed by atoms with Crippen molar-refractivity contribution >= 4 is 11.4 Å². The normalized spacial score (nSPS) is 17.4. The number of fused-ring (bicyclic) bond motifs is 2. The number of morpholine rings is 1. The second-order valence-corrected chi connectivity index (χ2v) is 8.62. The van der Waals surface area contributed by atoms with Crippen LogP contribution in [0.1, 0.15) is 41.6 Å². The molecule has 0 amide bonds. The molecule has 0 atom stereocenters. The zero-order chi connectivity index (χ0) is 22.6. The quantitative estimate of drug-likeness (QED) is 0.569. The number of Topliss-reactive ketones (excluding diaryl/α,β-unsaturated/α-hetero) is 1. The molecule has 1 saturated heterocycles. The van der Waals surface area contributed by atoms with Crippen LogP contribution in [0.4, 0.5) is 0 Å². The lowest BCUT2D eigenvalue weighted by atomic mass is 9.89. The van der Waals surface area contributed by atoms with E-state index in [9.17, 15) is 4.79 Å². The third kappa shape index (κ3) is 4.72. The van der Waals surface area contributed by atoms with Crippen LogP contribution in [0.15, 0.2) is 30.7 Å². The maximum Gasteiger partial charge on any atom is 0.166 e. The van der Waals surface area contributed by atoms with E-state index in [0.717, 1.165) is 86.4 Å². The lowest BCUT2D eigenvalue weighted by Crippen LogP contribution is -2.38. The second kappa shape index (κ2) is 9.89. The summed E-state index contributed by atoms with van der Waals surface area (Å²) in [6.45, 7) is 4.91. The summed E-state index contributed by atoms with van der Waals surface area (Å²) in [4.78, 5) is 19.7. The van der Waals surface area contributed by atoms with Crippen LogP contribution in [0.25, 0.3) is 16.8 Å². The fourth-order valence-corrected chi connectivity index (χ4v) is 4.66. The number of rotatable bonds is 6. The minimum absolute atomic E-state index is 0.171. The van der Waals surface area contributed by atoms with Gasteiger partial charge in [-0.2, -0.15) is 5.10 Å². The molecule has 0 spiro atoms. The molecule has 0 radical (unpaired) electrons. The van der Waals surface area contributed by atoms with Gasteiger partial charge in [0.25, 0.3) is 0 Å². The van der Waals surface area contributed by atoms with E-state index in [-0.39, 0.29) is 5.78 Å². The van der Waals surface area contributed by atoms with Crippen LogP contribution >= 0.6 is 0 Å². The first-order valence-corrected chi connectivity index (χ1v) is 11.7. The molecule has 0 N–H and O–H groups in total. The number of hydrogen-bond acceptors (Lipinski definition) is 7. The molecule has 1 fully saturated rings. The highest BCUT2D eigenvalue weighted by molar-refractivity contribution is 6.01. The average Bonchev–Trinajstić information content (AvgIpc) is 3.26. The fraction of sp³-hybridized carbons (Fsp3) is 0.480. The van der Waals surface area contributed by atoms with Crippen molar-refractivity contribution in [2.24, 2.45) is 0 Å². The van der Waals surface area contributed by atoms with Crippen molar-refractivity contribution in [1.29, 1.82) is 0 Å². The lowest BCUT2D eigenvalue weighted by Gasteiger charge is -2.26. The van der Waals surface area contributed by atoms with Crippen LogP contribution < -0.4 is 9.47 Å². The van der Waals surface area contributed by atoms with Crippen LogP contribution in [-0.4, -0.2) is 71.8 Å². The van der Waals surface area contributed by atoms with Gasteiger partial charge in [-0.05, 0) is 42.5 Å². The Morgan fingerprint density at radius 3 is 2.79 bits per heavy atom. The molecule has 3 heterocycles. The van der Waals surface area contributed by atoms with Crippen LogP contribution in [0.5, 0.6) is 11.5 Å². The van der Waals surface area contributed by atoms with Crippen molar-refractivity contribution in [2.45, 2.75) is 32.1 Å². The Balaban J connectivity index is 1.38. The molecule has 2 aromatic heterocycles. The number of ketones is 1. The van der Waals surface area contributed by atoms with Crippen LogP contribution in [0, 0.1) is 0 Å². The number of aromatic nitrogens is 3. The number of aryl methyl sites for hydroxylation is 1. The summed E-state index contributed by atoms with van der Waals surface area (Å²) in [5.41, 5.74) is 4.40. The van der Waals surface area contributed by atoms with E-state index < -0.39 is 0 Å². The summed E-state index contributed by atoms with van der Waals surface area (Å²) in [5.74, 6) is 1.49. The Morgan fingerprint density at radius 2 is 1.94 bits per heavy atom. The molecule has 8 heteroatoms. The second-order valence-electron chi connectivity index (χ2n) is 8.62. The number of hydrogen-bond donors (Lipinski definition) is 0. The molecule has 1 aliphatic carbocycles. The van der Waals surface area contributed by atoms with Crippen molar-refractivity contribution in [3.05, 3.63) is 41.9 Å². The zero-order valence-electron chi connectivity index (χ0n) is 19.1. The predicted molar refractivity (Wildman–Crippen MR) is 124 cm³/mol. The molecule has 33 heavy (non-hydrogen) atoms. The monoisotopic (exact) mass is 450 g/mol. The van der Waals surface area contributed by atoms with Gasteiger partial charge in [0.2, 0.25) is 0 Å². The first-order valence-electron chi connectivity index (χ1n) is 11.7. The predicted octanol–water partition coefficient (Wildman–Crippen LogP) is 3.42. The Hall–Kier alpha value is -2.97. The highest BCUT2D eigenvalue weighted by Gasteiger charge is 2.22. The third-order valence-corrected chi connectivity index (χ3v) is 6.46. The molecule has 0 saturated carbocycles. The maximum atomic E-state index is 12.7. The van der Waals surface area contributed by atoms with Crippen molar-refractivity contribution < 1.29 is 19.0 Å². The van der Waals surface area contributed by atoms with Gasteiger partial charge in [-0.3, -0.25) is 9.69 Å². The van der Waals surface area contributed by atoms with Crippen LogP contribution in [-0.2, 0) is 11.2 Å². The summed E-state index contributed by atoms with van der Waals surface area (Å²) < 4.78 is 18.7. The summed E-state index contributed by atoms with van der Waals surface area (Å²) in [6.07, 6.45) is 9.96. The summed E-state index contributed by atoms with van der Waals surface area (Å²) >= 11 is 0.